The Balaban J connectivity index is 0.00000132. The Kier molecular flexibility index (Phi) is 5.32. The summed E-state index contributed by atoms with van der Waals surface area (Å²) in [5.74, 6) is 0.125. The molecule has 4 heteroatoms. The maximum Gasteiger partial charge on any atom is 1.00 e. The van der Waals surface area contributed by atoms with Gasteiger partial charge in [-0.05, 0) is 12.1 Å². The molecular formula is C18H16LiO2P. The van der Waals surface area contributed by atoms with Gasteiger partial charge in [-0.2, -0.15) is 0 Å². The van der Waals surface area contributed by atoms with E-state index < -0.39 is 7.14 Å². The van der Waals surface area contributed by atoms with E-state index in [2.05, 4.69) is 0 Å². The molecule has 106 valence electrons. The monoisotopic (exact) mass is 302 g/mol. The molecule has 0 aliphatic rings. The number of phenols is 1. The molecule has 0 amide bonds. The first-order valence-corrected chi connectivity index (χ1v) is 8.43. The fraction of sp³-hybridized carbons (Fsp3) is 0. The molecule has 0 unspecified atom stereocenters. The average molecular weight is 302 g/mol. The third kappa shape index (κ3) is 3.06. The zero-order valence-electron chi connectivity index (χ0n) is 13.4. The predicted molar refractivity (Wildman–Crippen MR) is 88.6 cm³/mol. The van der Waals surface area contributed by atoms with Crippen LogP contribution in [0.5, 0.6) is 5.75 Å². The summed E-state index contributed by atoms with van der Waals surface area (Å²) in [5, 5.41) is 11.9. The Hall–Kier alpha value is -1.71. The molecule has 0 aromatic heterocycles. The molecular weight excluding hydrogens is 286 g/mol. The first-order valence-electron chi connectivity index (χ1n) is 6.72. The van der Waals surface area contributed by atoms with Crippen LogP contribution in [0.2, 0.25) is 0 Å². The van der Waals surface area contributed by atoms with E-state index in [0.717, 1.165) is 10.6 Å². The van der Waals surface area contributed by atoms with Crippen molar-refractivity contribution in [3.8, 4) is 5.75 Å². The Bertz CT molecular complexity index is 751. The normalized spacial score (nSPS) is 10.7. The molecule has 3 aromatic carbocycles. The average Bonchev–Trinajstić information content (AvgIpc) is 2.56. The Morgan fingerprint density at radius 1 is 0.682 bits per heavy atom. The third-order valence-corrected chi connectivity index (χ3v) is 6.49. The molecule has 3 aromatic rings. The van der Waals surface area contributed by atoms with Crippen molar-refractivity contribution in [2.24, 2.45) is 0 Å². The van der Waals surface area contributed by atoms with Crippen LogP contribution in [0.4, 0.5) is 0 Å². The van der Waals surface area contributed by atoms with Crippen molar-refractivity contribution in [3.05, 3.63) is 84.9 Å². The fourth-order valence-electron chi connectivity index (χ4n) is 2.41. The van der Waals surface area contributed by atoms with Crippen molar-refractivity contribution < 1.29 is 30.0 Å². The van der Waals surface area contributed by atoms with E-state index in [0.29, 0.717) is 5.30 Å². The van der Waals surface area contributed by atoms with Crippen LogP contribution in [0.3, 0.4) is 0 Å². The Labute approximate surface area is 143 Å². The van der Waals surface area contributed by atoms with Crippen molar-refractivity contribution in [2.45, 2.75) is 0 Å². The molecule has 0 atom stereocenters. The van der Waals surface area contributed by atoms with Gasteiger partial charge in [-0.1, -0.05) is 72.8 Å². The van der Waals surface area contributed by atoms with Crippen molar-refractivity contribution in [3.63, 3.8) is 0 Å². The van der Waals surface area contributed by atoms with E-state index in [1.54, 1.807) is 24.3 Å². The summed E-state index contributed by atoms with van der Waals surface area (Å²) in [5.41, 5.74) is 0. The second-order valence-electron chi connectivity index (χ2n) is 4.80. The molecule has 1 N–H and O–H groups in total. The van der Waals surface area contributed by atoms with Crippen LogP contribution < -0.4 is 34.8 Å². The molecule has 0 aliphatic carbocycles. The van der Waals surface area contributed by atoms with E-state index in [1.165, 1.54) is 0 Å². The van der Waals surface area contributed by atoms with Gasteiger partial charge < -0.3 is 11.1 Å². The molecule has 0 radical (unpaired) electrons. The predicted octanol–water partition coefficient (Wildman–Crippen LogP) is 0.148. The van der Waals surface area contributed by atoms with Gasteiger partial charge in [0.15, 0.2) is 7.14 Å². The van der Waals surface area contributed by atoms with Gasteiger partial charge in [0.2, 0.25) is 0 Å². The van der Waals surface area contributed by atoms with Crippen LogP contribution in [0.25, 0.3) is 0 Å². The summed E-state index contributed by atoms with van der Waals surface area (Å²) in [6.07, 6.45) is 0. The van der Waals surface area contributed by atoms with E-state index in [9.17, 15) is 9.67 Å². The number of phenolic OH excluding ortho intramolecular Hbond substituents is 1. The van der Waals surface area contributed by atoms with Crippen molar-refractivity contribution in [1.82, 2.24) is 0 Å². The van der Waals surface area contributed by atoms with Crippen molar-refractivity contribution in [2.75, 3.05) is 0 Å². The largest absolute Gasteiger partial charge is 1.00 e. The van der Waals surface area contributed by atoms with Crippen LogP contribution >= 0.6 is 7.14 Å². The van der Waals surface area contributed by atoms with E-state index in [-0.39, 0.29) is 26.0 Å². The molecule has 0 heterocycles. The summed E-state index contributed by atoms with van der Waals surface area (Å²) < 4.78 is 13.9. The summed E-state index contributed by atoms with van der Waals surface area (Å²) in [4.78, 5) is 0. The maximum atomic E-state index is 13.9. The van der Waals surface area contributed by atoms with Gasteiger partial charge in [-0.3, -0.25) is 0 Å². The summed E-state index contributed by atoms with van der Waals surface area (Å²) in [6.45, 7) is 0. The summed E-state index contributed by atoms with van der Waals surface area (Å²) in [6, 6.07) is 25.5. The van der Waals surface area contributed by atoms with Gasteiger partial charge >= 0.3 is 18.9 Å². The standard InChI is InChI=1S/C18H15O2P.Li.H/c19-15-8-7-13-18(14-15)21(20,16-9-3-1-4-10-16)17-11-5-2-6-12-17;;/h1-14,19H;;/q;+1;-1. The van der Waals surface area contributed by atoms with Gasteiger partial charge in [0.1, 0.15) is 5.75 Å². The second-order valence-corrected chi connectivity index (χ2v) is 7.57. The maximum absolute atomic E-state index is 13.9. The molecule has 0 bridgehead atoms. The van der Waals surface area contributed by atoms with Gasteiger partial charge in [-0.15, -0.1) is 0 Å². The number of aromatic hydroxyl groups is 1. The minimum atomic E-state index is -2.96. The molecule has 0 saturated heterocycles. The smallest absolute Gasteiger partial charge is 1.00 e. The molecule has 0 saturated carbocycles. The van der Waals surface area contributed by atoms with Crippen molar-refractivity contribution >= 4 is 23.1 Å². The molecule has 0 fully saturated rings. The fourth-order valence-corrected chi connectivity index (χ4v) is 5.10. The molecule has 0 spiro atoms. The first-order chi connectivity index (χ1) is 10.2. The minimum absolute atomic E-state index is 0. The van der Waals surface area contributed by atoms with Gasteiger partial charge in [0.25, 0.3) is 0 Å². The van der Waals surface area contributed by atoms with Crippen LogP contribution in [0.1, 0.15) is 1.43 Å². The van der Waals surface area contributed by atoms with Crippen LogP contribution in [0, 0.1) is 0 Å². The van der Waals surface area contributed by atoms with Crippen LogP contribution in [-0.4, -0.2) is 5.11 Å². The van der Waals surface area contributed by atoms with Crippen LogP contribution in [0.15, 0.2) is 84.9 Å². The number of rotatable bonds is 3. The summed E-state index contributed by atoms with van der Waals surface area (Å²) in [7, 11) is -2.96. The summed E-state index contributed by atoms with van der Waals surface area (Å²) >= 11 is 0. The zero-order chi connectivity index (χ0) is 14.7. The van der Waals surface area contributed by atoms with Crippen molar-refractivity contribution in [1.29, 1.82) is 0 Å². The number of hydrogen-bond donors (Lipinski definition) is 1. The van der Waals surface area contributed by atoms with Gasteiger partial charge in [0.05, 0.1) is 0 Å². The number of hydrogen-bond acceptors (Lipinski definition) is 2. The van der Waals surface area contributed by atoms with E-state index in [4.69, 9.17) is 0 Å². The third-order valence-electron chi connectivity index (χ3n) is 3.43. The second kappa shape index (κ2) is 7.03. The Morgan fingerprint density at radius 3 is 1.59 bits per heavy atom. The molecule has 2 nitrogen and oxygen atoms in total. The molecule has 3 rings (SSSR count). The molecule has 22 heavy (non-hydrogen) atoms. The first kappa shape index (κ1) is 16.7. The number of benzene rings is 3. The van der Waals surface area contributed by atoms with Gasteiger partial charge in [-0.25, -0.2) is 0 Å². The minimum Gasteiger partial charge on any atom is -1.00 e. The Morgan fingerprint density at radius 2 is 1.14 bits per heavy atom. The quantitative estimate of drug-likeness (QED) is 0.552. The zero-order valence-corrected chi connectivity index (χ0v) is 13.3. The SMILES string of the molecule is O=P(c1ccccc1)(c1ccccc1)c1cccc(O)c1.[H-].[Li+]. The van der Waals surface area contributed by atoms with E-state index >= 15 is 0 Å². The topological polar surface area (TPSA) is 37.3 Å². The van der Waals surface area contributed by atoms with E-state index in [1.807, 2.05) is 60.7 Å². The van der Waals surface area contributed by atoms with Crippen LogP contribution in [-0.2, 0) is 4.57 Å². The molecule has 0 aliphatic heterocycles. The van der Waals surface area contributed by atoms with Gasteiger partial charge in [0, 0.05) is 15.9 Å².